The molecule has 2 aliphatic carbocycles. The van der Waals surface area contributed by atoms with E-state index >= 15 is 0 Å². The minimum Gasteiger partial charge on any atom is -0.489 e. The molecule has 2 fully saturated rings. The van der Waals surface area contributed by atoms with Crippen LogP contribution in [0, 0.1) is 11.8 Å². The van der Waals surface area contributed by atoms with Gasteiger partial charge in [0.2, 0.25) is 0 Å². The lowest BCUT2D eigenvalue weighted by Gasteiger charge is -2.22. The van der Waals surface area contributed by atoms with Crippen molar-refractivity contribution in [3.8, 4) is 17.1 Å². The molecular formula is C22H31N5O3. The maximum atomic E-state index is 12.3. The summed E-state index contributed by atoms with van der Waals surface area (Å²) in [5, 5.41) is 8.32. The zero-order valence-corrected chi connectivity index (χ0v) is 18.1. The first kappa shape index (κ1) is 20.6. The van der Waals surface area contributed by atoms with Gasteiger partial charge in [0.1, 0.15) is 23.7 Å². The number of ether oxygens (including phenoxy) is 2. The number of aromatic nitrogens is 4. The summed E-state index contributed by atoms with van der Waals surface area (Å²) in [6, 6.07) is 3.81. The van der Waals surface area contributed by atoms with Gasteiger partial charge in [0, 0.05) is 20.6 Å². The van der Waals surface area contributed by atoms with E-state index in [1.165, 1.54) is 25.7 Å². The fourth-order valence-corrected chi connectivity index (χ4v) is 4.02. The fraction of sp³-hybridized carbons (Fsp3) is 0.636. The molecular weight excluding hydrogens is 382 g/mol. The van der Waals surface area contributed by atoms with E-state index < -0.39 is 0 Å². The smallest absolute Gasteiger partial charge is 0.409 e. The molecule has 2 atom stereocenters. The minimum atomic E-state index is -0.328. The Labute approximate surface area is 177 Å². The molecule has 2 aromatic rings. The van der Waals surface area contributed by atoms with Crippen molar-refractivity contribution in [3.05, 3.63) is 24.0 Å². The summed E-state index contributed by atoms with van der Waals surface area (Å²) in [5.74, 6) is 2.07. The summed E-state index contributed by atoms with van der Waals surface area (Å²) in [5.41, 5.74) is 2.02. The van der Waals surface area contributed by atoms with Gasteiger partial charge in [-0.1, -0.05) is 18.6 Å². The number of nitrogens with zero attached hydrogens (tertiary/aromatic N) is 5. The van der Waals surface area contributed by atoms with Gasteiger partial charge >= 0.3 is 6.09 Å². The lowest BCUT2D eigenvalue weighted by molar-refractivity contribution is 0.101. The molecule has 0 aliphatic heterocycles. The van der Waals surface area contributed by atoms with Gasteiger partial charge in [-0.15, -0.1) is 5.10 Å². The molecule has 0 saturated heterocycles. The van der Waals surface area contributed by atoms with Crippen molar-refractivity contribution in [1.29, 1.82) is 0 Å². The van der Waals surface area contributed by atoms with Gasteiger partial charge in [-0.2, -0.15) is 0 Å². The summed E-state index contributed by atoms with van der Waals surface area (Å²) < 4.78 is 13.2. The normalized spacial score (nSPS) is 21.3. The van der Waals surface area contributed by atoms with Gasteiger partial charge in [0.25, 0.3) is 0 Å². The quantitative estimate of drug-likeness (QED) is 0.686. The van der Waals surface area contributed by atoms with E-state index in [1.54, 1.807) is 29.9 Å². The molecule has 4 rings (SSSR count). The molecule has 30 heavy (non-hydrogen) atoms. The number of pyridine rings is 1. The van der Waals surface area contributed by atoms with Crippen LogP contribution in [0.5, 0.6) is 5.75 Å². The molecule has 0 unspecified atom stereocenters. The van der Waals surface area contributed by atoms with Crippen LogP contribution in [0.2, 0.25) is 0 Å². The largest absolute Gasteiger partial charge is 0.489 e. The van der Waals surface area contributed by atoms with E-state index in [1.807, 2.05) is 12.1 Å². The van der Waals surface area contributed by atoms with Crippen LogP contribution < -0.4 is 4.74 Å². The van der Waals surface area contributed by atoms with E-state index in [0.29, 0.717) is 28.9 Å². The summed E-state index contributed by atoms with van der Waals surface area (Å²) in [7, 11) is 3.57. The highest BCUT2D eigenvalue weighted by Crippen LogP contribution is 2.38. The lowest BCUT2D eigenvalue weighted by atomic mass is 9.98. The number of rotatable bonds is 7. The third-order valence-electron chi connectivity index (χ3n) is 6.21. The molecule has 2 heterocycles. The highest BCUT2D eigenvalue weighted by molar-refractivity contribution is 5.67. The van der Waals surface area contributed by atoms with Crippen LogP contribution >= 0.6 is 0 Å². The molecule has 2 saturated carbocycles. The number of hydrogen-bond acceptors (Lipinski definition) is 6. The van der Waals surface area contributed by atoms with Crippen LogP contribution in [0.3, 0.4) is 0 Å². The fourth-order valence-electron chi connectivity index (χ4n) is 4.02. The molecule has 8 nitrogen and oxygen atoms in total. The maximum Gasteiger partial charge on any atom is 0.409 e. The summed E-state index contributed by atoms with van der Waals surface area (Å²) in [4.78, 5) is 18.5. The first-order valence-corrected chi connectivity index (χ1v) is 10.9. The summed E-state index contributed by atoms with van der Waals surface area (Å²) >= 11 is 0. The first-order valence-electron chi connectivity index (χ1n) is 10.9. The minimum absolute atomic E-state index is 0.101. The van der Waals surface area contributed by atoms with E-state index in [-0.39, 0.29) is 18.8 Å². The van der Waals surface area contributed by atoms with Crippen LogP contribution in [-0.2, 0) is 18.4 Å². The monoisotopic (exact) mass is 413 g/mol. The zero-order chi connectivity index (χ0) is 21.1. The molecule has 0 radical (unpaired) electrons. The average Bonchev–Trinajstić information content (AvgIpc) is 3.32. The Morgan fingerprint density at radius 1 is 1.27 bits per heavy atom. The highest BCUT2D eigenvalue weighted by atomic mass is 16.6. The Kier molecular flexibility index (Phi) is 6.20. The third kappa shape index (κ3) is 4.91. The van der Waals surface area contributed by atoms with Crippen LogP contribution in [0.4, 0.5) is 4.79 Å². The van der Waals surface area contributed by atoms with Crippen LogP contribution in [0.15, 0.2) is 18.3 Å². The maximum absolute atomic E-state index is 12.3. The topological polar surface area (TPSA) is 82.4 Å². The predicted molar refractivity (Wildman–Crippen MR) is 112 cm³/mol. The summed E-state index contributed by atoms with van der Waals surface area (Å²) in [6.45, 7) is 3.04. The van der Waals surface area contributed by atoms with Crippen molar-refractivity contribution in [3.63, 3.8) is 0 Å². The van der Waals surface area contributed by atoms with Gasteiger partial charge in [0.05, 0.1) is 18.0 Å². The van der Waals surface area contributed by atoms with Crippen LogP contribution in [0.1, 0.15) is 51.1 Å². The second kappa shape index (κ2) is 9.02. The molecule has 8 heteroatoms. The number of aryl methyl sites for hydroxylation is 1. The number of carbonyl (C=O) groups excluding carboxylic acids is 1. The lowest BCUT2D eigenvalue weighted by Crippen LogP contribution is -2.29. The standard InChI is InChI=1S/C22H31N5O3/c1-15-11-16(15)13-26(2)22(28)29-14-20-21(24-25-27(20)3)19-10-9-18(12-23-19)30-17-7-5-4-6-8-17/h9-10,12,15-17H,4-8,11,13-14H2,1-3H3/t15-,16+/m0/s1. The van der Waals surface area contributed by atoms with E-state index in [9.17, 15) is 4.79 Å². The number of hydrogen-bond donors (Lipinski definition) is 0. The highest BCUT2D eigenvalue weighted by Gasteiger charge is 2.34. The molecule has 2 aromatic heterocycles. The first-order chi connectivity index (χ1) is 14.5. The van der Waals surface area contributed by atoms with Crippen molar-refractivity contribution >= 4 is 6.09 Å². The Morgan fingerprint density at radius 2 is 2.03 bits per heavy atom. The second-order valence-electron chi connectivity index (χ2n) is 8.67. The number of carbonyl (C=O) groups is 1. The summed E-state index contributed by atoms with van der Waals surface area (Å²) in [6.07, 6.45) is 8.84. The molecule has 0 bridgehead atoms. The van der Waals surface area contributed by atoms with Crippen molar-refractivity contribution in [2.24, 2.45) is 18.9 Å². The molecule has 1 amide bonds. The van der Waals surface area contributed by atoms with Crippen LogP contribution in [0.25, 0.3) is 11.4 Å². The molecule has 0 aromatic carbocycles. The zero-order valence-electron chi connectivity index (χ0n) is 18.1. The molecule has 0 N–H and O–H groups in total. The SMILES string of the molecule is C[C@H]1C[C@@H]1CN(C)C(=O)OCc1c(-c2ccc(OC3CCCCC3)cn2)nnn1C. The molecule has 162 valence electrons. The van der Waals surface area contributed by atoms with Crippen molar-refractivity contribution in [1.82, 2.24) is 24.9 Å². The Balaban J connectivity index is 1.37. The van der Waals surface area contributed by atoms with E-state index in [2.05, 4.69) is 22.2 Å². The van der Waals surface area contributed by atoms with Crippen molar-refractivity contribution < 1.29 is 14.3 Å². The predicted octanol–water partition coefficient (Wildman–Crippen LogP) is 3.81. The van der Waals surface area contributed by atoms with Gasteiger partial charge in [-0.05, 0) is 56.1 Å². The Hall–Kier alpha value is -2.64. The second-order valence-corrected chi connectivity index (χ2v) is 8.67. The van der Waals surface area contributed by atoms with E-state index in [0.717, 1.165) is 25.1 Å². The van der Waals surface area contributed by atoms with Crippen molar-refractivity contribution in [2.45, 2.75) is 58.2 Å². The van der Waals surface area contributed by atoms with Crippen molar-refractivity contribution in [2.75, 3.05) is 13.6 Å². The average molecular weight is 414 g/mol. The van der Waals surface area contributed by atoms with Gasteiger partial charge in [-0.25, -0.2) is 9.48 Å². The van der Waals surface area contributed by atoms with Crippen LogP contribution in [-0.4, -0.2) is 50.7 Å². The van der Waals surface area contributed by atoms with Gasteiger partial charge in [0.15, 0.2) is 0 Å². The third-order valence-corrected chi connectivity index (χ3v) is 6.21. The van der Waals surface area contributed by atoms with Gasteiger partial charge in [-0.3, -0.25) is 4.98 Å². The van der Waals surface area contributed by atoms with Gasteiger partial charge < -0.3 is 14.4 Å². The molecule has 2 aliphatic rings. The van der Waals surface area contributed by atoms with E-state index in [4.69, 9.17) is 9.47 Å². The Morgan fingerprint density at radius 3 is 2.70 bits per heavy atom. The number of amides is 1. The Bertz CT molecular complexity index is 860. The molecule has 0 spiro atoms.